The Morgan fingerprint density at radius 1 is 1.09 bits per heavy atom. The number of ketones is 1. The van der Waals surface area contributed by atoms with Crippen LogP contribution in [0.1, 0.15) is 15.9 Å². The first-order valence-corrected chi connectivity index (χ1v) is 6.70. The van der Waals surface area contributed by atoms with E-state index in [-0.39, 0.29) is 28.6 Å². The van der Waals surface area contributed by atoms with E-state index in [0.29, 0.717) is 0 Å². The summed E-state index contributed by atoms with van der Waals surface area (Å²) in [7, 11) is 0. The number of H-pyrrole nitrogens is 1. The third-order valence-corrected chi connectivity index (χ3v) is 3.70. The van der Waals surface area contributed by atoms with Gasteiger partial charge in [-0.25, -0.2) is 0 Å². The van der Waals surface area contributed by atoms with Gasteiger partial charge in [-0.05, 0) is 29.7 Å². The fourth-order valence-electron chi connectivity index (χ4n) is 2.60. The normalized spacial score (nSPS) is 15.3. The lowest BCUT2D eigenvalue weighted by Crippen LogP contribution is -1.98. The maximum atomic E-state index is 12.3. The molecule has 3 aromatic rings. The maximum Gasteiger partial charge on any atom is 0.232 e. The molecule has 5 nitrogen and oxygen atoms in total. The number of carbonyl (C=O) groups is 1. The topological polar surface area (TPSA) is 82.6 Å². The van der Waals surface area contributed by atoms with Crippen molar-refractivity contribution in [2.45, 2.75) is 0 Å². The van der Waals surface area contributed by atoms with E-state index in [1.165, 1.54) is 12.1 Å². The zero-order valence-corrected chi connectivity index (χ0v) is 11.3. The highest BCUT2D eigenvalue weighted by atomic mass is 16.5. The summed E-state index contributed by atoms with van der Waals surface area (Å²) in [5.41, 5.74) is 1.94. The van der Waals surface area contributed by atoms with Gasteiger partial charge in [0, 0.05) is 11.8 Å². The lowest BCUT2D eigenvalue weighted by molar-refractivity contribution is 0.101. The number of fused-ring (bicyclic) bond motifs is 2. The van der Waals surface area contributed by atoms with Crippen molar-refractivity contribution in [3.63, 3.8) is 0 Å². The van der Waals surface area contributed by atoms with E-state index in [4.69, 9.17) is 4.74 Å². The zero-order chi connectivity index (χ0) is 15.3. The van der Waals surface area contributed by atoms with E-state index in [1.807, 2.05) is 30.5 Å². The van der Waals surface area contributed by atoms with Gasteiger partial charge in [-0.2, -0.15) is 0 Å². The number of Topliss-reactive ketones (excluding diaryl/α,β-unsaturated/α-hetero) is 1. The largest absolute Gasteiger partial charge is 0.504 e. The molecule has 1 aliphatic rings. The Bertz CT molecular complexity index is 952. The van der Waals surface area contributed by atoms with Crippen LogP contribution in [0.15, 0.2) is 48.4 Å². The summed E-state index contributed by atoms with van der Waals surface area (Å²) in [6.07, 6.45) is 3.44. The second-order valence-electron chi connectivity index (χ2n) is 5.04. The third kappa shape index (κ3) is 1.69. The number of aromatic nitrogens is 1. The van der Waals surface area contributed by atoms with E-state index in [2.05, 4.69) is 4.98 Å². The maximum absolute atomic E-state index is 12.3. The molecule has 22 heavy (non-hydrogen) atoms. The van der Waals surface area contributed by atoms with Crippen molar-refractivity contribution in [1.82, 2.24) is 4.98 Å². The molecule has 0 aliphatic carbocycles. The number of carbonyl (C=O) groups excluding carboxylic acids is 1. The number of phenolic OH excluding ortho intramolecular Hbond substituents is 2. The number of rotatable bonds is 1. The van der Waals surface area contributed by atoms with Crippen LogP contribution < -0.4 is 4.74 Å². The Kier molecular flexibility index (Phi) is 2.50. The zero-order valence-electron chi connectivity index (χ0n) is 11.3. The van der Waals surface area contributed by atoms with Crippen LogP contribution in [0.2, 0.25) is 0 Å². The van der Waals surface area contributed by atoms with Crippen molar-refractivity contribution in [1.29, 1.82) is 0 Å². The molecule has 0 bridgehead atoms. The first-order valence-electron chi connectivity index (χ1n) is 6.70. The summed E-state index contributed by atoms with van der Waals surface area (Å²) in [6, 6.07) is 10.4. The molecule has 4 rings (SSSR count). The Hall–Kier alpha value is -3.21. The summed E-state index contributed by atoms with van der Waals surface area (Å²) in [6.45, 7) is 0. The molecule has 5 heteroatoms. The number of allylic oxidation sites excluding steroid dienone is 1. The van der Waals surface area contributed by atoms with Gasteiger partial charge in [-0.1, -0.05) is 18.2 Å². The number of aromatic amines is 1. The predicted molar refractivity (Wildman–Crippen MR) is 81.0 cm³/mol. The van der Waals surface area contributed by atoms with Crippen molar-refractivity contribution in [2.75, 3.05) is 0 Å². The molecule has 0 radical (unpaired) electrons. The fraction of sp³-hybridized carbons (Fsp3) is 0. The molecule has 108 valence electrons. The average Bonchev–Trinajstić information content (AvgIpc) is 3.10. The Morgan fingerprint density at radius 2 is 1.95 bits per heavy atom. The molecule has 0 unspecified atom stereocenters. The van der Waals surface area contributed by atoms with E-state index in [9.17, 15) is 15.0 Å². The monoisotopic (exact) mass is 293 g/mol. The van der Waals surface area contributed by atoms with E-state index < -0.39 is 5.75 Å². The van der Waals surface area contributed by atoms with Crippen LogP contribution in [-0.4, -0.2) is 21.0 Å². The third-order valence-electron chi connectivity index (χ3n) is 3.70. The number of hydrogen-bond acceptors (Lipinski definition) is 4. The lowest BCUT2D eigenvalue weighted by atomic mass is 10.1. The van der Waals surface area contributed by atoms with Gasteiger partial charge in [0.05, 0.1) is 11.1 Å². The molecular weight excluding hydrogens is 282 g/mol. The van der Waals surface area contributed by atoms with Crippen molar-refractivity contribution >= 4 is 22.8 Å². The van der Waals surface area contributed by atoms with E-state index >= 15 is 0 Å². The van der Waals surface area contributed by atoms with Gasteiger partial charge in [-0.3, -0.25) is 4.79 Å². The Balaban J connectivity index is 1.84. The van der Waals surface area contributed by atoms with Crippen molar-refractivity contribution < 1.29 is 19.7 Å². The number of hydrogen-bond donors (Lipinski definition) is 3. The van der Waals surface area contributed by atoms with Crippen LogP contribution >= 0.6 is 0 Å². The van der Waals surface area contributed by atoms with Crippen LogP contribution in [0.4, 0.5) is 0 Å². The van der Waals surface area contributed by atoms with Crippen LogP contribution in [0.25, 0.3) is 17.0 Å². The van der Waals surface area contributed by atoms with Crippen LogP contribution in [0, 0.1) is 0 Å². The average molecular weight is 293 g/mol. The summed E-state index contributed by atoms with van der Waals surface area (Å²) < 4.78 is 5.45. The molecule has 1 aliphatic heterocycles. The van der Waals surface area contributed by atoms with Crippen molar-refractivity contribution in [3.8, 4) is 17.2 Å². The molecule has 0 spiro atoms. The standard InChI is InChI=1S/C17H11NO4/c19-12-5-4-11-15(20)13(22-17(11)16(12)21)8-10-3-1-2-9-6-7-18-14(9)10/h1-8,18-19,21H. The summed E-state index contributed by atoms with van der Waals surface area (Å²) >= 11 is 0. The first-order chi connectivity index (χ1) is 10.6. The highest BCUT2D eigenvalue weighted by Gasteiger charge is 2.31. The second kappa shape index (κ2) is 4.39. The number of benzene rings is 2. The van der Waals surface area contributed by atoms with E-state index in [1.54, 1.807) is 6.08 Å². The van der Waals surface area contributed by atoms with Crippen LogP contribution in [-0.2, 0) is 0 Å². The highest BCUT2D eigenvalue weighted by Crippen LogP contribution is 2.44. The summed E-state index contributed by atoms with van der Waals surface area (Å²) in [4.78, 5) is 15.5. The minimum atomic E-state index is -0.424. The molecule has 2 aromatic carbocycles. The van der Waals surface area contributed by atoms with Crippen molar-refractivity contribution in [2.24, 2.45) is 0 Å². The lowest BCUT2D eigenvalue weighted by Gasteiger charge is -2.03. The summed E-state index contributed by atoms with van der Waals surface area (Å²) in [5, 5.41) is 20.3. The number of ether oxygens (including phenoxy) is 1. The van der Waals surface area contributed by atoms with Gasteiger partial charge in [0.25, 0.3) is 0 Å². The molecule has 3 N–H and O–H groups in total. The Morgan fingerprint density at radius 3 is 2.82 bits per heavy atom. The second-order valence-corrected chi connectivity index (χ2v) is 5.04. The minimum absolute atomic E-state index is 0.00471. The minimum Gasteiger partial charge on any atom is -0.504 e. The van der Waals surface area contributed by atoms with Gasteiger partial charge >= 0.3 is 0 Å². The predicted octanol–water partition coefficient (Wildman–Crippen LogP) is 3.20. The van der Waals surface area contributed by atoms with Crippen LogP contribution in [0.5, 0.6) is 17.2 Å². The highest BCUT2D eigenvalue weighted by molar-refractivity contribution is 6.15. The molecular formula is C17H11NO4. The number of para-hydroxylation sites is 1. The molecule has 0 saturated carbocycles. The number of aromatic hydroxyl groups is 2. The molecule has 0 amide bonds. The fourth-order valence-corrected chi connectivity index (χ4v) is 2.60. The SMILES string of the molecule is O=C1C(=Cc2cccc3cc[nH]c23)Oc2c1ccc(O)c2O. The molecule has 0 atom stereocenters. The molecule has 0 saturated heterocycles. The van der Waals surface area contributed by atoms with E-state index in [0.717, 1.165) is 16.5 Å². The number of nitrogens with one attached hydrogen (secondary N) is 1. The molecule has 2 heterocycles. The number of phenols is 2. The van der Waals surface area contributed by atoms with Gasteiger partial charge < -0.3 is 19.9 Å². The quantitative estimate of drug-likeness (QED) is 0.475. The van der Waals surface area contributed by atoms with Gasteiger partial charge in [0.2, 0.25) is 11.5 Å². The van der Waals surface area contributed by atoms with Gasteiger partial charge in [0.1, 0.15) is 0 Å². The molecule has 0 fully saturated rings. The molecule has 1 aromatic heterocycles. The summed E-state index contributed by atoms with van der Waals surface area (Å²) in [5.74, 6) is -0.964. The van der Waals surface area contributed by atoms with Gasteiger partial charge in [0.15, 0.2) is 17.3 Å². The smallest absolute Gasteiger partial charge is 0.232 e. The van der Waals surface area contributed by atoms with Crippen molar-refractivity contribution in [3.05, 3.63) is 59.5 Å². The van der Waals surface area contributed by atoms with Gasteiger partial charge in [-0.15, -0.1) is 0 Å². The van der Waals surface area contributed by atoms with Crippen LogP contribution in [0.3, 0.4) is 0 Å². The Labute approximate surface area is 125 Å². The first kappa shape index (κ1) is 12.5.